The molecule has 5 rings (SSSR count). The summed E-state index contributed by atoms with van der Waals surface area (Å²) in [6.07, 6.45) is 12.7. The van der Waals surface area contributed by atoms with E-state index in [9.17, 15) is 0 Å². The lowest BCUT2D eigenvalue weighted by molar-refractivity contribution is -0.104. The minimum absolute atomic E-state index is 0.0839. The van der Waals surface area contributed by atoms with Crippen LogP contribution in [-0.2, 0) is 14.9 Å². The molecule has 4 heteroatoms. The smallest absolute Gasteiger partial charge is 0.0691 e. The lowest BCUT2D eigenvalue weighted by Gasteiger charge is -2.46. The number of fused-ring (bicyclic) bond motifs is 1. The molecule has 3 atom stereocenters. The van der Waals surface area contributed by atoms with Crippen LogP contribution in [0.2, 0.25) is 0 Å². The summed E-state index contributed by atoms with van der Waals surface area (Å²) in [4.78, 5) is 4.86. The van der Waals surface area contributed by atoms with Crippen LogP contribution >= 0.6 is 0 Å². The van der Waals surface area contributed by atoms with Gasteiger partial charge in [0.1, 0.15) is 0 Å². The molecule has 1 aromatic carbocycles. The molecule has 0 radical (unpaired) electrons. The first kappa shape index (κ1) is 22.1. The zero-order chi connectivity index (χ0) is 21.9. The Hall–Kier alpha value is -1.75. The van der Waals surface area contributed by atoms with Gasteiger partial charge in [-0.25, -0.2) is 0 Å². The Morgan fingerprint density at radius 3 is 2.62 bits per heavy atom. The maximum atomic E-state index is 6.42. The van der Waals surface area contributed by atoms with Crippen molar-refractivity contribution in [1.29, 1.82) is 0 Å². The van der Waals surface area contributed by atoms with E-state index >= 15 is 0 Å². The Morgan fingerprint density at radius 1 is 1.03 bits per heavy atom. The predicted octanol–water partition coefficient (Wildman–Crippen LogP) is 5.69. The molecule has 1 saturated carbocycles. The molecule has 1 aliphatic heterocycles. The van der Waals surface area contributed by atoms with Crippen molar-refractivity contribution in [2.45, 2.75) is 80.8 Å². The van der Waals surface area contributed by atoms with Crippen LogP contribution < -0.4 is 5.32 Å². The van der Waals surface area contributed by atoms with Crippen molar-refractivity contribution < 1.29 is 9.47 Å². The summed E-state index contributed by atoms with van der Waals surface area (Å²) in [6, 6.07) is 15.8. The Labute approximate surface area is 193 Å². The number of hydrogen-bond donors (Lipinski definition) is 1. The Morgan fingerprint density at radius 2 is 1.84 bits per heavy atom. The van der Waals surface area contributed by atoms with Gasteiger partial charge in [0.25, 0.3) is 0 Å². The number of rotatable bonds is 7. The number of ether oxygens (including phenoxy) is 2. The first-order valence-corrected chi connectivity index (χ1v) is 12.6. The summed E-state index contributed by atoms with van der Waals surface area (Å²) in [5.41, 5.74) is 4.39. The maximum Gasteiger partial charge on any atom is 0.0691 e. The maximum absolute atomic E-state index is 6.42. The van der Waals surface area contributed by atoms with E-state index in [0.29, 0.717) is 12.0 Å². The number of hydrogen-bond acceptors (Lipinski definition) is 4. The summed E-state index contributed by atoms with van der Waals surface area (Å²) >= 11 is 0. The lowest BCUT2D eigenvalue weighted by Crippen LogP contribution is -2.47. The zero-order valence-electron chi connectivity index (χ0n) is 19.5. The van der Waals surface area contributed by atoms with E-state index in [2.05, 4.69) is 41.7 Å². The van der Waals surface area contributed by atoms with Gasteiger partial charge in [-0.2, -0.15) is 0 Å². The van der Waals surface area contributed by atoms with Gasteiger partial charge in [-0.1, -0.05) is 43.2 Å². The highest BCUT2D eigenvalue weighted by molar-refractivity contribution is 5.35. The van der Waals surface area contributed by atoms with Gasteiger partial charge >= 0.3 is 0 Å². The Balaban J connectivity index is 1.32. The second-order valence-corrected chi connectivity index (χ2v) is 10.3. The van der Waals surface area contributed by atoms with Crippen molar-refractivity contribution in [2.75, 3.05) is 26.9 Å². The Bertz CT molecular complexity index is 880. The van der Waals surface area contributed by atoms with Crippen LogP contribution in [0.1, 0.15) is 86.6 Å². The number of nitrogens with zero attached hydrogens (tertiary/aromatic N) is 1. The third kappa shape index (κ3) is 4.37. The normalized spacial score (nSPS) is 29.2. The van der Waals surface area contributed by atoms with E-state index in [1.807, 2.05) is 19.4 Å². The van der Waals surface area contributed by atoms with Gasteiger partial charge in [-0.15, -0.1) is 0 Å². The van der Waals surface area contributed by atoms with Gasteiger partial charge in [0.15, 0.2) is 0 Å². The van der Waals surface area contributed by atoms with E-state index in [-0.39, 0.29) is 11.0 Å². The molecule has 3 aliphatic rings. The van der Waals surface area contributed by atoms with E-state index in [1.165, 1.54) is 55.3 Å². The van der Waals surface area contributed by atoms with Gasteiger partial charge in [0.05, 0.1) is 12.2 Å². The van der Waals surface area contributed by atoms with Crippen molar-refractivity contribution in [2.24, 2.45) is 0 Å². The van der Waals surface area contributed by atoms with Gasteiger partial charge < -0.3 is 14.8 Å². The second kappa shape index (κ2) is 9.62. The first-order valence-electron chi connectivity index (χ1n) is 12.6. The molecule has 1 saturated heterocycles. The molecule has 1 spiro atoms. The molecule has 1 unspecified atom stereocenters. The summed E-state index contributed by atoms with van der Waals surface area (Å²) in [5.74, 6) is 0.520. The van der Waals surface area contributed by atoms with E-state index < -0.39 is 0 Å². The van der Waals surface area contributed by atoms with Gasteiger partial charge in [-0.3, -0.25) is 4.98 Å². The molecule has 2 aromatic rings. The molecule has 2 aliphatic carbocycles. The van der Waals surface area contributed by atoms with Crippen molar-refractivity contribution >= 4 is 0 Å². The highest BCUT2D eigenvalue weighted by atomic mass is 16.5. The van der Waals surface area contributed by atoms with Gasteiger partial charge in [0, 0.05) is 43.0 Å². The molecule has 2 fully saturated rings. The zero-order valence-corrected chi connectivity index (χ0v) is 19.5. The molecule has 2 heterocycles. The fourth-order valence-electron chi connectivity index (χ4n) is 6.75. The molecule has 32 heavy (non-hydrogen) atoms. The second-order valence-electron chi connectivity index (χ2n) is 10.3. The number of pyridine rings is 1. The first-order chi connectivity index (χ1) is 15.7. The van der Waals surface area contributed by atoms with Crippen LogP contribution in [0.5, 0.6) is 0 Å². The monoisotopic (exact) mass is 434 g/mol. The third-order valence-electron chi connectivity index (χ3n) is 8.35. The molecule has 4 nitrogen and oxygen atoms in total. The third-order valence-corrected chi connectivity index (χ3v) is 8.35. The van der Waals surface area contributed by atoms with Crippen molar-refractivity contribution in [1.82, 2.24) is 10.3 Å². The van der Waals surface area contributed by atoms with Crippen LogP contribution in [0.15, 0.2) is 48.7 Å². The SMILES string of the molecule is COC[C@H]1CC[C@H](NCCC2(c3ccccn3)CCOC3(CCCC3)C2)c2ccccc21. The van der Waals surface area contributed by atoms with E-state index in [0.717, 1.165) is 39.0 Å². The van der Waals surface area contributed by atoms with Crippen LogP contribution in [0.3, 0.4) is 0 Å². The van der Waals surface area contributed by atoms with Crippen LogP contribution in [0, 0.1) is 0 Å². The number of methoxy groups -OCH3 is 1. The highest BCUT2D eigenvalue weighted by Gasteiger charge is 2.48. The summed E-state index contributed by atoms with van der Waals surface area (Å²) in [7, 11) is 1.81. The lowest BCUT2D eigenvalue weighted by atomic mass is 9.68. The average Bonchev–Trinajstić information content (AvgIpc) is 3.28. The quantitative estimate of drug-likeness (QED) is 0.608. The largest absolute Gasteiger partial charge is 0.384 e. The molecule has 1 N–H and O–H groups in total. The van der Waals surface area contributed by atoms with Crippen molar-refractivity contribution in [3.05, 3.63) is 65.5 Å². The van der Waals surface area contributed by atoms with Crippen LogP contribution in [0.25, 0.3) is 0 Å². The topological polar surface area (TPSA) is 43.4 Å². The van der Waals surface area contributed by atoms with E-state index in [4.69, 9.17) is 14.5 Å². The molecule has 0 bridgehead atoms. The summed E-state index contributed by atoms with van der Waals surface area (Å²) < 4.78 is 11.9. The highest BCUT2D eigenvalue weighted by Crippen LogP contribution is 2.49. The molecule has 0 amide bonds. The molecule has 172 valence electrons. The van der Waals surface area contributed by atoms with Crippen LogP contribution in [0.4, 0.5) is 0 Å². The molecule has 1 aromatic heterocycles. The predicted molar refractivity (Wildman–Crippen MR) is 128 cm³/mol. The molecular weight excluding hydrogens is 396 g/mol. The van der Waals surface area contributed by atoms with Gasteiger partial charge in [0.2, 0.25) is 0 Å². The Kier molecular flexibility index (Phi) is 6.64. The fourth-order valence-corrected chi connectivity index (χ4v) is 6.75. The van der Waals surface area contributed by atoms with E-state index in [1.54, 1.807) is 0 Å². The average molecular weight is 435 g/mol. The fraction of sp³-hybridized carbons (Fsp3) is 0.607. The standard InChI is InChI=1S/C28H38N2O2/c1-31-20-22-11-12-25(24-9-3-2-8-23(22)24)29-18-15-27(26-10-4-7-17-30-26)16-19-32-28(21-27)13-5-6-14-28/h2-4,7-10,17,22,25,29H,5-6,11-16,18-21H2,1H3/t22-,25+,27?/m1/s1. The molecular formula is C28H38N2O2. The number of nitrogens with one attached hydrogen (secondary N) is 1. The van der Waals surface area contributed by atoms with Gasteiger partial charge in [-0.05, 0) is 74.8 Å². The van der Waals surface area contributed by atoms with Crippen LogP contribution in [-0.4, -0.2) is 37.5 Å². The summed E-state index contributed by atoms with van der Waals surface area (Å²) in [5, 5.41) is 3.95. The number of benzene rings is 1. The van der Waals surface area contributed by atoms with Crippen molar-refractivity contribution in [3.8, 4) is 0 Å². The van der Waals surface area contributed by atoms with Crippen molar-refractivity contribution in [3.63, 3.8) is 0 Å². The minimum atomic E-state index is 0.0839. The summed E-state index contributed by atoms with van der Waals surface area (Å²) in [6.45, 7) is 2.69. The minimum Gasteiger partial charge on any atom is -0.384 e. The number of aromatic nitrogens is 1.